The fourth-order valence-corrected chi connectivity index (χ4v) is 5.03. The summed E-state index contributed by atoms with van der Waals surface area (Å²) in [4.78, 5) is 19.1. The van der Waals surface area contributed by atoms with Crippen LogP contribution in [0.25, 0.3) is 10.2 Å². The van der Waals surface area contributed by atoms with Crippen molar-refractivity contribution in [2.75, 3.05) is 24.2 Å². The Labute approximate surface area is 145 Å². The van der Waals surface area contributed by atoms with Crippen molar-refractivity contribution >= 4 is 42.6 Å². The van der Waals surface area contributed by atoms with Crippen LogP contribution in [0.4, 0.5) is 5.13 Å². The Morgan fingerprint density at radius 1 is 1.50 bits per heavy atom. The van der Waals surface area contributed by atoms with Crippen LogP contribution in [-0.2, 0) is 14.8 Å². The maximum absolute atomic E-state index is 13.0. The Morgan fingerprint density at radius 3 is 2.92 bits per heavy atom. The quantitative estimate of drug-likeness (QED) is 0.762. The number of thiazole rings is 1. The largest absolute Gasteiger partial charge is 0.283 e. The van der Waals surface area contributed by atoms with Crippen LogP contribution < -0.4 is 4.90 Å². The Bertz CT molecular complexity index is 843. The van der Waals surface area contributed by atoms with Gasteiger partial charge in [-0.2, -0.15) is 4.31 Å². The first-order valence-corrected chi connectivity index (χ1v) is 10.3. The topological polar surface area (TPSA) is 70.6 Å². The van der Waals surface area contributed by atoms with E-state index in [9.17, 15) is 13.2 Å². The predicted molar refractivity (Wildman–Crippen MR) is 96.7 cm³/mol. The van der Waals surface area contributed by atoms with E-state index in [-0.39, 0.29) is 5.91 Å². The van der Waals surface area contributed by atoms with Crippen LogP contribution in [0.5, 0.6) is 0 Å². The predicted octanol–water partition coefficient (Wildman–Crippen LogP) is 2.24. The van der Waals surface area contributed by atoms with Crippen molar-refractivity contribution in [3.8, 4) is 0 Å². The summed E-state index contributed by atoms with van der Waals surface area (Å²) < 4.78 is 26.1. The molecule has 0 spiro atoms. The fraction of sp³-hybridized carbons (Fsp3) is 0.375. The van der Waals surface area contributed by atoms with E-state index in [2.05, 4.69) is 11.6 Å². The van der Waals surface area contributed by atoms with Crippen LogP contribution in [-0.4, -0.2) is 49.0 Å². The molecule has 8 heteroatoms. The van der Waals surface area contributed by atoms with Gasteiger partial charge in [-0.25, -0.2) is 13.4 Å². The normalized spacial score (nSPS) is 18.8. The lowest BCUT2D eigenvalue weighted by molar-refractivity contribution is -0.121. The molecule has 2 heterocycles. The highest BCUT2D eigenvalue weighted by Gasteiger charge is 2.39. The molecule has 0 aliphatic carbocycles. The van der Waals surface area contributed by atoms with Crippen molar-refractivity contribution in [3.05, 3.63) is 36.9 Å². The van der Waals surface area contributed by atoms with Gasteiger partial charge in [0.15, 0.2) is 5.13 Å². The molecular formula is C16H19N3O3S2. The van der Waals surface area contributed by atoms with Crippen molar-refractivity contribution in [3.63, 3.8) is 0 Å². The van der Waals surface area contributed by atoms with Crippen LogP contribution in [0, 0.1) is 0 Å². The number of rotatable bonds is 5. The summed E-state index contributed by atoms with van der Waals surface area (Å²) >= 11 is 1.42. The number of amides is 1. The van der Waals surface area contributed by atoms with E-state index < -0.39 is 16.1 Å². The van der Waals surface area contributed by atoms with Gasteiger partial charge >= 0.3 is 0 Å². The number of carbonyl (C=O) groups excluding carboxylic acids is 1. The highest BCUT2D eigenvalue weighted by atomic mass is 32.2. The van der Waals surface area contributed by atoms with Crippen molar-refractivity contribution in [1.29, 1.82) is 0 Å². The second-order valence-electron chi connectivity index (χ2n) is 5.73. The minimum absolute atomic E-state index is 0.239. The zero-order valence-electron chi connectivity index (χ0n) is 13.4. The van der Waals surface area contributed by atoms with Crippen LogP contribution in [0.3, 0.4) is 0 Å². The maximum Gasteiger partial charge on any atom is 0.247 e. The SMILES string of the molecule is C=CCN(C(=O)C1CCCN1S(C)(=O)=O)c1nc2ccccc2s1. The first-order chi connectivity index (χ1) is 11.4. The highest BCUT2D eigenvalue weighted by Crippen LogP contribution is 2.31. The molecule has 1 atom stereocenters. The van der Waals surface area contributed by atoms with Gasteiger partial charge in [-0.05, 0) is 25.0 Å². The Hall–Kier alpha value is -1.77. The number of carbonyl (C=O) groups is 1. The number of hydrogen-bond acceptors (Lipinski definition) is 5. The fourth-order valence-electron chi connectivity index (χ4n) is 2.93. The van der Waals surface area contributed by atoms with E-state index in [0.717, 1.165) is 16.5 Å². The average molecular weight is 365 g/mol. The minimum Gasteiger partial charge on any atom is -0.283 e. The number of hydrogen-bond donors (Lipinski definition) is 0. The summed E-state index contributed by atoms with van der Waals surface area (Å²) in [6, 6.07) is 7.00. The van der Waals surface area contributed by atoms with E-state index in [1.165, 1.54) is 20.5 Å². The molecule has 1 aliphatic heterocycles. The van der Waals surface area contributed by atoms with Gasteiger partial charge in [0.1, 0.15) is 6.04 Å². The lowest BCUT2D eigenvalue weighted by Crippen LogP contribution is -2.47. The molecule has 1 unspecified atom stereocenters. The molecule has 0 bridgehead atoms. The Kier molecular flexibility index (Phi) is 4.71. The number of nitrogens with zero attached hydrogens (tertiary/aromatic N) is 3. The first kappa shape index (κ1) is 17.1. The molecule has 0 saturated carbocycles. The number of para-hydroxylation sites is 1. The molecule has 1 fully saturated rings. The molecule has 128 valence electrons. The lowest BCUT2D eigenvalue weighted by atomic mass is 10.2. The lowest BCUT2D eigenvalue weighted by Gasteiger charge is -2.26. The second-order valence-corrected chi connectivity index (χ2v) is 8.68. The molecule has 24 heavy (non-hydrogen) atoms. The molecule has 1 saturated heterocycles. The molecule has 1 aromatic carbocycles. The van der Waals surface area contributed by atoms with Gasteiger partial charge in [-0.1, -0.05) is 29.5 Å². The highest BCUT2D eigenvalue weighted by molar-refractivity contribution is 7.88. The number of sulfonamides is 1. The third kappa shape index (κ3) is 3.22. The molecule has 0 N–H and O–H groups in total. The van der Waals surface area contributed by atoms with E-state index in [4.69, 9.17) is 0 Å². The van der Waals surface area contributed by atoms with Gasteiger partial charge in [-0.3, -0.25) is 9.69 Å². The van der Waals surface area contributed by atoms with Gasteiger partial charge in [0.25, 0.3) is 0 Å². The molecule has 1 aliphatic rings. The van der Waals surface area contributed by atoms with E-state index in [0.29, 0.717) is 31.1 Å². The van der Waals surface area contributed by atoms with E-state index in [1.54, 1.807) is 6.08 Å². The third-order valence-electron chi connectivity index (χ3n) is 4.01. The molecule has 1 amide bonds. The van der Waals surface area contributed by atoms with Crippen molar-refractivity contribution in [1.82, 2.24) is 9.29 Å². The summed E-state index contributed by atoms with van der Waals surface area (Å²) in [7, 11) is -3.41. The van der Waals surface area contributed by atoms with Gasteiger partial charge in [0.05, 0.1) is 16.5 Å². The first-order valence-electron chi connectivity index (χ1n) is 7.66. The van der Waals surface area contributed by atoms with Crippen molar-refractivity contribution in [2.24, 2.45) is 0 Å². The summed E-state index contributed by atoms with van der Waals surface area (Å²) in [5.41, 5.74) is 0.825. The standard InChI is InChI=1S/C16H19N3O3S2/c1-3-10-18(16-17-12-7-4-5-9-14(12)23-16)15(20)13-8-6-11-19(13)24(2,21)22/h3-5,7,9,13H,1,6,8,10-11H2,2H3. The van der Waals surface area contributed by atoms with Gasteiger partial charge in [0.2, 0.25) is 15.9 Å². The maximum atomic E-state index is 13.0. The molecular weight excluding hydrogens is 346 g/mol. The zero-order valence-corrected chi connectivity index (χ0v) is 15.0. The van der Waals surface area contributed by atoms with Gasteiger partial charge in [-0.15, -0.1) is 6.58 Å². The molecule has 1 aromatic heterocycles. The summed E-state index contributed by atoms with van der Waals surface area (Å²) in [5.74, 6) is -0.239. The molecule has 6 nitrogen and oxygen atoms in total. The Balaban J connectivity index is 1.95. The molecule has 3 rings (SSSR count). The van der Waals surface area contributed by atoms with E-state index >= 15 is 0 Å². The van der Waals surface area contributed by atoms with Crippen molar-refractivity contribution < 1.29 is 13.2 Å². The third-order valence-corrected chi connectivity index (χ3v) is 6.35. The number of benzene rings is 1. The summed E-state index contributed by atoms with van der Waals surface area (Å²) in [5, 5.41) is 0.571. The van der Waals surface area contributed by atoms with Crippen LogP contribution in [0.15, 0.2) is 36.9 Å². The molecule has 0 radical (unpaired) electrons. The van der Waals surface area contributed by atoms with E-state index in [1.807, 2.05) is 24.3 Å². The second kappa shape index (κ2) is 6.62. The van der Waals surface area contributed by atoms with Gasteiger partial charge in [0, 0.05) is 13.1 Å². The average Bonchev–Trinajstić information content (AvgIpc) is 3.17. The van der Waals surface area contributed by atoms with Gasteiger partial charge < -0.3 is 0 Å². The zero-order chi connectivity index (χ0) is 17.3. The van der Waals surface area contributed by atoms with Crippen LogP contribution in [0.1, 0.15) is 12.8 Å². The van der Waals surface area contributed by atoms with Crippen LogP contribution >= 0.6 is 11.3 Å². The number of aromatic nitrogens is 1. The molecule has 2 aromatic rings. The van der Waals surface area contributed by atoms with Crippen LogP contribution in [0.2, 0.25) is 0 Å². The smallest absolute Gasteiger partial charge is 0.247 e. The monoisotopic (exact) mass is 365 g/mol. The summed E-state index contributed by atoms with van der Waals surface area (Å²) in [6.07, 6.45) is 3.99. The van der Waals surface area contributed by atoms with Crippen molar-refractivity contribution in [2.45, 2.75) is 18.9 Å². The Morgan fingerprint density at radius 2 is 2.25 bits per heavy atom. The summed E-state index contributed by atoms with van der Waals surface area (Å²) in [6.45, 7) is 4.39. The number of fused-ring (bicyclic) bond motifs is 1. The minimum atomic E-state index is -3.41. The number of anilines is 1.